The van der Waals surface area contributed by atoms with Gasteiger partial charge in [-0.15, -0.1) is 0 Å². The zero-order valence-electron chi connectivity index (χ0n) is 19.0. The van der Waals surface area contributed by atoms with Crippen LogP contribution in [0.5, 0.6) is 5.75 Å². The van der Waals surface area contributed by atoms with Crippen LogP contribution in [0.2, 0.25) is 0 Å². The highest BCUT2D eigenvalue weighted by atomic mass is 19.4. The molecule has 1 aliphatic rings. The van der Waals surface area contributed by atoms with Gasteiger partial charge in [-0.05, 0) is 42.3 Å². The molecular weight excluding hydrogens is 475 g/mol. The summed E-state index contributed by atoms with van der Waals surface area (Å²) in [5, 5.41) is 13.9. The molecule has 184 valence electrons. The van der Waals surface area contributed by atoms with E-state index in [0.29, 0.717) is 27.8 Å². The van der Waals surface area contributed by atoms with E-state index in [4.69, 9.17) is 9.84 Å². The summed E-state index contributed by atoms with van der Waals surface area (Å²) in [5.41, 5.74) is 0.781. The van der Waals surface area contributed by atoms with Crippen molar-refractivity contribution in [2.75, 3.05) is 12.0 Å². The molecule has 0 bridgehead atoms. The average Bonchev–Trinajstić information content (AvgIpc) is 3.40. The molecule has 0 atom stereocenters. The number of ether oxygens (including phenoxy) is 1. The van der Waals surface area contributed by atoms with Gasteiger partial charge >= 0.3 is 12.1 Å². The first kappa shape index (κ1) is 23.4. The van der Waals surface area contributed by atoms with Gasteiger partial charge < -0.3 is 14.7 Å². The van der Waals surface area contributed by atoms with Crippen molar-refractivity contribution in [3.8, 4) is 11.4 Å². The third kappa shape index (κ3) is 3.94. The Morgan fingerprint density at radius 3 is 2.44 bits per heavy atom. The highest BCUT2D eigenvalue weighted by Crippen LogP contribution is 2.42. The zero-order chi connectivity index (χ0) is 25.6. The van der Waals surface area contributed by atoms with Gasteiger partial charge in [-0.25, -0.2) is 4.68 Å². The largest absolute Gasteiger partial charge is 0.497 e. The predicted octanol–water partition coefficient (Wildman–Crippen LogP) is 5.23. The van der Waals surface area contributed by atoms with E-state index in [2.05, 4.69) is 5.10 Å². The van der Waals surface area contributed by atoms with Crippen molar-refractivity contribution in [3.63, 3.8) is 0 Å². The number of nitrogens with zero attached hydrogens (tertiary/aromatic N) is 3. The van der Waals surface area contributed by atoms with Gasteiger partial charge in [-0.3, -0.25) is 9.59 Å². The summed E-state index contributed by atoms with van der Waals surface area (Å²) in [6.45, 7) is 0.279. The fourth-order valence-electron chi connectivity index (χ4n) is 4.58. The number of carboxylic acids is 1. The highest BCUT2D eigenvalue weighted by Gasteiger charge is 2.39. The minimum atomic E-state index is -4.76. The molecule has 7 nitrogen and oxygen atoms in total. The van der Waals surface area contributed by atoms with Crippen molar-refractivity contribution in [3.05, 3.63) is 83.2 Å². The molecule has 2 heterocycles. The van der Waals surface area contributed by atoms with E-state index >= 15 is 0 Å². The monoisotopic (exact) mass is 495 g/mol. The molecule has 0 unspecified atom stereocenters. The van der Waals surface area contributed by atoms with Crippen molar-refractivity contribution in [2.24, 2.45) is 0 Å². The summed E-state index contributed by atoms with van der Waals surface area (Å²) < 4.78 is 48.2. The van der Waals surface area contributed by atoms with Crippen molar-refractivity contribution in [1.82, 2.24) is 9.78 Å². The topological polar surface area (TPSA) is 84.7 Å². The average molecular weight is 495 g/mol. The summed E-state index contributed by atoms with van der Waals surface area (Å²) in [7, 11) is 1.56. The van der Waals surface area contributed by atoms with Crippen LogP contribution in [0.3, 0.4) is 0 Å². The molecule has 10 heteroatoms. The number of halogens is 3. The molecule has 0 saturated carbocycles. The lowest BCUT2D eigenvalue weighted by Crippen LogP contribution is -2.26. The Bertz CT molecular complexity index is 1490. The molecule has 36 heavy (non-hydrogen) atoms. The van der Waals surface area contributed by atoms with E-state index in [0.717, 1.165) is 16.4 Å². The van der Waals surface area contributed by atoms with Crippen LogP contribution in [0.1, 0.15) is 33.6 Å². The van der Waals surface area contributed by atoms with Gasteiger partial charge in [0.1, 0.15) is 5.75 Å². The first-order valence-electron chi connectivity index (χ1n) is 11.1. The Morgan fingerprint density at radius 1 is 1.06 bits per heavy atom. The smallest absolute Gasteiger partial charge is 0.433 e. The molecule has 0 aliphatic carbocycles. The molecule has 1 aliphatic heterocycles. The van der Waals surface area contributed by atoms with Crippen molar-refractivity contribution in [2.45, 2.75) is 25.6 Å². The number of amides is 1. The van der Waals surface area contributed by atoms with Gasteiger partial charge in [0.25, 0.3) is 5.91 Å². The second kappa shape index (κ2) is 8.71. The standard InChI is InChI=1S/C26H20F3N3O4/c1-36-17-8-5-15(6-9-17)14-31-21-11-10-20(18-3-2-4-19(23(18)21)25(31)35)32-24(26(27,28)29)16(13-30-32)7-12-22(33)34/h2-6,8-11,13H,7,12,14H2,1H3,(H,33,34). The number of benzene rings is 3. The van der Waals surface area contributed by atoms with E-state index < -0.39 is 24.3 Å². The van der Waals surface area contributed by atoms with Crippen LogP contribution >= 0.6 is 0 Å². The lowest BCUT2D eigenvalue weighted by Gasteiger charge is -2.19. The molecule has 0 spiro atoms. The van der Waals surface area contributed by atoms with Gasteiger partial charge in [-0.1, -0.05) is 24.3 Å². The summed E-state index contributed by atoms with van der Waals surface area (Å²) in [4.78, 5) is 25.8. The van der Waals surface area contributed by atoms with E-state index in [1.54, 1.807) is 48.4 Å². The zero-order valence-corrected chi connectivity index (χ0v) is 19.0. The summed E-state index contributed by atoms with van der Waals surface area (Å²) in [6.07, 6.45) is -4.47. The van der Waals surface area contributed by atoms with Crippen LogP contribution in [-0.4, -0.2) is 33.9 Å². The summed E-state index contributed by atoms with van der Waals surface area (Å²) in [5.74, 6) is -0.761. The number of aromatic nitrogens is 2. The molecule has 1 aromatic heterocycles. The van der Waals surface area contributed by atoms with Gasteiger partial charge in [0.05, 0.1) is 31.2 Å². The molecule has 0 saturated heterocycles. The van der Waals surface area contributed by atoms with Crippen molar-refractivity contribution >= 4 is 28.3 Å². The number of hydrogen-bond acceptors (Lipinski definition) is 4. The molecule has 0 fully saturated rings. The third-order valence-electron chi connectivity index (χ3n) is 6.21. The number of aliphatic carboxylic acids is 1. The van der Waals surface area contributed by atoms with Crippen LogP contribution in [0, 0.1) is 0 Å². The maximum atomic E-state index is 14.1. The first-order chi connectivity index (χ1) is 17.2. The van der Waals surface area contributed by atoms with E-state index in [9.17, 15) is 22.8 Å². The number of hydrogen-bond donors (Lipinski definition) is 1. The number of anilines is 1. The fraction of sp³-hybridized carbons (Fsp3) is 0.192. The van der Waals surface area contributed by atoms with Crippen LogP contribution < -0.4 is 9.64 Å². The van der Waals surface area contributed by atoms with E-state index in [1.165, 1.54) is 6.07 Å². The SMILES string of the molecule is COc1ccc(CN2C(=O)c3cccc4c(-n5ncc(CCC(=O)O)c5C(F)(F)F)ccc2c34)cc1. The maximum Gasteiger partial charge on any atom is 0.433 e. The first-order valence-corrected chi connectivity index (χ1v) is 11.1. The minimum absolute atomic E-state index is 0.156. The maximum absolute atomic E-state index is 14.1. The fourth-order valence-corrected chi connectivity index (χ4v) is 4.58. The van der Waals surface area contributed by atoms with Crippen molar-refractivity contribution < 1.29 is 32.6 Å². The number of alkyl halides is 3. The molecular formula is C26H20F3N3O4. The number of rotatable bonds is 7. The Labute approximate surface area is 203 Å². The van der Waals surface area contributed by atoms with Gasteiger partial charge in [0.15, 0.2) is 5.69 Å². The van der Waals surface area contributed by atoms with Crippen LogP contribution in [0.4, 0.5) is 18.9 Å². The van der Waals surface area contributed by atoms with Gasteiger partial charge in [0, 0.05) is 28.3 Å². The summed E-state index contributed by atoms with van der Waals surface area (Å²) >= 11 is 0. The molecule has 4 aromatic rings. The quantitative estimate of drug-likeness (QED) is 0.380. The highest BCUT2D eigenvalue weighted by molar-refractivity contribution is 6.26. The van der Waals surface area contributed by atoms with Gasteiger partial charge in [-0.2, -0.15) is 18.3 Å². The molecule has 5 rings (SSSR count). The van der Waals surface area contributed by atoms with Crippen LogP contribution in [0.25, 0.3) is 16.5 Å². The number of methoxy groups -OCH3 is 1. The molecule has 1 N–H and O–H groups in total. The van der Waals surface area contributed by atoms with Gasteiger partial charge in [0.2, 0.25) is 0 Å². The minimum Gasteiger partial charge on any atom is -0.497 e. The number of aryl methyl sites for hydroxylation is 1. The lowest BCUT2D eigenvalue weighted by molar-refractivity contribution is -0.144. The second-order valence-corrected chi connectivity index (χ2v) is 8.39. The predicted molar refractivity (Wildman–Crippen MR) is 126 cm³/mol. The number of carbonyl (C=O) groups excluding carboxylic acids is 1. The van der Waals surface area contributed by atoms with Crippen LogP contribution in [0.15, 0.2) is 60.8 Å². The molecule has 0 radical (unpaired) electrons. The Kier molecular flexibility index (Phi) is 5.66. The van der Waals surface area contributed by atoms with Crippen LogP contribution in [-0.2, 0) is 23.9 Å². The Balaban J connectivity index is 1.61. The summed E-state index contributed by atoms with van der Waals surface area (Å²) in [6, 6.07) is 15.3. The third-order valence-corrected chi connectivity index (χ3v) is 6.21. The second-order valence-electron chi connectivity index (χ2n) is 8.39. The van der Waals surface area contributed by atoms with E-state index in [-0.39, 0.29) is 30.1 Å². The normalized spacial score (nSPS) is 13.0. The molecule has 3 aromatic carbocycles. The number of carbonyl (C=O) groups is 2. The van der Waals surface area contributed by atoms with E-state index in [1.807, 2.05) is 12.1 Å². The Morgan fingerprint density at radius 2 is 1.78 bits per heavy atom. The Hall–Kier alpha value is -4.34. The molecule has 1 amide bonds. The lowest BCUT2D eigenvalue weighted by atomic mass is 10.0. The number of carboxylic acid groups (broad SMARTS) is 1. The van der Waals surface area contributed by atoms with Crippen molar-refractivity contribution in [1.29, 1.82) is 0 Å².